The van der Waals surface area contributed by atoms with Crippen LogP contribution in [0.5, 0.6) is 5.75 Å². The number of carbonyl (C=O) groups excluding carboxylic acids is 1. The molecule has 7 nitrogen and oxygen atoms in total. The topological polar surface area (TPSA) is 68.6 Å². The zero-order chi connectivity index (χ0) is 20.4. The Morgan fingerprint density at radius 2 is 2.03 bits per heavy atom. The molecule has 2 aliphatic heterocycles. The van der Waals surface area contributed by atoms with Gasteiger partial charge in [-0.3, -0.25) is 9.69 Å². The maximum absolute atomic E-state index is 12.6. The van der Waals surface area contributed by atoms with E-state index in [1.54, 1.807) is 7.11 Å². The number of fused-ring (bicyclic) bond motifs is 2. The second-order valence-electron chi connectivity index (χ2n) is 8.29. The smallest absolute Gasteiger partial charge is 0.251 e. The molecular formula is C22H30N4O3. The number of likely N-dealkylation sites (tertiary alicyclic amines) is 1. The van der Waals surface area contributed by atoms with Crippen molar-refractivity contribution in [2.24, 2.45) is 0 Å². The summed E-state index contributed by atoms with van der Waals surface area (Å²) in [6.07, 6.45) is 4.94. The lowest BCUT2D eigenvalue weighted by Gasteiger charge is -2.45. The number of methoxy groups -OCH3 is 1. The van der Waals surface area contributed by atoms with Gasteiger partial charge in [-0.1, -0.05) is 12.1 Å². The first kappa shape index (κ1) is 19.9. The number of ether oxygens (including phenoxy) is 2. The molecule has 2 aliphatic rings. The van der Waals surface area contributed by atoms with Crippen molar-refractivity contribution in [3.8, 4) is 5.75 Å². The summed E-state index contributed by atoms with van der Waals surface area (Å²) in [7, 11) is 1.68. The number of nitrogens with zero attached hydrogens (tertiary/aromatic N) is 3. The summed E-state index contributed by atoms with van der Waals surface area (Å²) in [4.78, 5) is 19.7. The predicted octanol–water partition coefficient (Wildman–Crippen LogP) is 2.31. The molecule has 2 aromatic rings. The highest BCUT2D eigenvalue weighted by Gasteiger charge is 2.47. The molecule has 1 amide bonds. The first-order chi connectivity index (χ1) is 14.0. The minimum absolute atomic E-state index is 0.0422. The third-order valence-electron chi connectivity index (χ3n) is 5.81. The van der Waals surface area contributed by atoms with Gasteiger partial charge in [-0.2, -0.15) is 0 Å². The van der Waals surface area contributed by atoms with Crippen LogP contribution in [0.4, 0.5) is 0 Å². The van der Waals surface area contributed by atoms with E-state index in [2.05, 4.69) is 31.9 Å². The Kier molecular flexibility index (Phi) is 5.61. The van der Waals surface area contributed by atoms with Crippen LogP contribution < -0.4 is 10.1 Å². The van der Waals surface area contributed by atoms with E-state index in [0.29, 0.717) is 6.54 Å². The Morgan fingerprint density at radius 1 is 1.31 bits per heavy atom. The van der Waals surface area contributed by atoms with Gasteiger partial charge in [0, 0.05) is 38.1 Å². The van der Waals surface area contributed by atoms with Crippen LogP contribution in [0.3, 0.4) is 0 Å². The van der Waals surface area contributed by atoms with Gasteiger partial charge in [0.1, 0.15) is 17.2 Å². The predicted molar refractivity (Wildman–Crippen MR) is 110 cm³/mol. The summed E-state index contributed by atoms with van der Waals surface area (Å²) in [6.45, 7) is 7.15. The summed E-state index contributed by atoms with van der Waals surface area (Å²) in [5.74, 6) is 1.79. The fourth-order valence-corrected chi connectivity index (χ4v) is 4.31. The van der Waals surface area contributed by atoms with Gasteiger partial charge in [-0.05, 0) is 44.4 Å². The van der Waals surface area contributed by atoms with Crippen LogP contribution in [0.25, 0.3) is 0 Å². The number of carbonyl (C=O) groups is 1. The highest BCUT2D eigenvalue weighted by Crippen LogP contribution is 2.40. The van der Waals surface area contributed by atoms with E-state index in [1.807, 2.05) is 38.4 Å². The summed E-state index contributed by atoms with van der Waals surface area (Å²) in [5.41, 5.74) is 0.777. The molecule has 3 heterocycles. The van der Waals surface area contributed by atoms with Gasteiger partial charge in [-0.15, -0.1) is 0 Å². The van der Waals surface area contributed by atoms with E-state index in [0.717, 1.165) is 44.0 Å². The average Bonchev–Trinajstić information content (AvgIpc) is 3.20. The molecule has 156 valence electrons. The number of hydrogen-bond acceptors (Lipinski definition) is 5. The second kappa shape index (κ2) is 8.16. The van der Waals surface area contributed by atoms with Crippen molar-refractivity contribution in [1.29, 1.82) is 0 Å². The maximum atomic E-state index is 12.6. The van der Waals surface area contributed by atoms with Crippen molar-refractivity contribution in [1.82, 2.24) is 19.8 Å². The number of rotatable bonds is 5. The number of imidazole rings is 1. The molecule has 1 saturated heterocycles. The lowest BCUT2D eigenvalue weighted by molar-refractivity contribution is -0.174. The molecule has 1 fully saturated rings. The van der Waals surface area contributed by atoms with Crippen LogP contribution in [0.1, 0.15) is 38.1 Å². The largest absolute Gasteiger partial charge is 0.497 e. The number of piperidine rings is 1. The third-order valence-corrected chi connectivity index (χ3v) is 5.81. The standard InChI is InChI=1S/C22H30N4O3/c1-16(2)24-20(27)19-15-26-13-10-23-21(26)22(29-19)8-11-25(12-9-22)14-17-4-6-18(28-3)7-5-17/h4-7,10,13,16,19H,8-9,11-12,14-15H2,1-3H3,(H,24,27)/t19-/m1/s1. The highest BCUT2D eigenvalue weighted by molar-refractivity contribution is 5.81. The van der Waals surface area contributed by atoms with Crippen molar-refractivity contribution in [3.05, 3.63) is 48.0 Å². The highest BCUT2D eigenvalue weighted by atomic mass is 16.5. The molecule has 0 saturated carbocycles. The number of amides is 1. The molecule has 1 N–H and O–H groups in total. The van der Waals surface area contributed by atoms with Crippen molar-refractivity contribution in [2.75, 3.05) is 20.2 Å². The molecule has 7 heteroatoms. The Morgan fingerprint density at radius 3 is 2.69 bits per heavy atom. The molecule has 4 rings (SSSR count). The Hall–Kier alpha value is -2.38. The van der Waals surface area contributed by atoms with Gasteiger partial charge in [-0.25, -0.2) is 4.98 Å². The molecule has 1 aromatic carbocycles. The zero-order valence-electron chi connectivity index (χ0n) is 17.4. The summed E-state index contributed by atoms with van der Waals surface area (Å²) >= 11 is 0. The molecule has 29 heavy (non-hydrogen) atoms. The number of hydrogen-bond donors (Lipinski definition) is 1. The number of benzene rings is 1. The van der Waals surface area contributed by atoms with E-state index in [9.17, 15) is 4.79 Å². The van der Waals surface area contributed by atoms with E-state index in [1.165, 1.54) is 5.56 Å². The molecule has 0 aliphatic carbocycles. The summed E-state index contributed by atoms with van der Waals surface area (Å²) in [6, 6.07) is 8.32. The lowest BCUT2D eigenvalue weighted by Crippen LogP contribution is -2.54. The molecule has 1 spiro atoms. The van der Waals surface area contributed by atoms with Gasteiger partial charge < -0.3 is 19.4 Å². The van der Waals surface area contributed by atoms with Gasteiger partial charge in [0.25, 0.3) is 5.91 Å². The second-order valence-corrected chi connectivity index (χ2v) is 8.29. The van der Waals surface area contributed by atoms with Gasteiger partial charge in [0.15, 0.2) is 6.10 Å². The minimum atomic E-state index is -0.489. The fraction of sp³-hybridized carbons (Fsp3) is 0.545. The van der Waals surface area contributed by atoms with Gasteiger partial charge in [0.2, 0.25) is 0 Å². The van der Waals surface area contributed by atoms with E-state index < -0.39 is 11.7 Å². The molecule has 1 aromatic heterocycles. The van der Waals surface area contributed by atoms with Gasteiger partial charge >= 0.3 is 0 Å². The minimum Gasteiger partial charge on any atom is -0.497 e. The normalized spacial score (nSPS) is 21.2. The number of nitrogens with one attached hydrogen (secondary N) is 1. The lowest BCUT2D eigenvalue weighted by atomic mass is 9.88. The maximum Gasteiger partial charge on any atom is 0.251 e. The Bertz CT molecular complexity index is 838. The summed E-state index contributed by atoms with van der Waals surface area (Å²) < 4.78 is 13.8. The average molecular weight is 399 g/mol. The Balaban J connectivity index is 1.45. The van der Waals surface area contributed by atoms with Crippen LogP contribution in [-0.4, -0.2) is 52.7 Å². The summed E-state index contributed by atoms with van der Waals surface area (Å²) in [5, 5.41) is 2.99. The van der Waals surface area contributed by atoms with Crippen LogP contribution in [0, 0.1) is 0 Å². The molecular weight excluding hydrogens is 368 g/mol. The van der Waals surface area contributed by atoms with E-state index in [4.69, 9.17) is 9.47 Å². The monoisotopic (exact) mass is 398 g/mol. The first-order valence-corrected chi connectivity index (χ1v) is 10.3. The third kappa shape index (κ3) is 4.16. The quantitative estimate of drug-likeness (QED) is 0.837. The van der Waals surface area contributed by atoms with Crippen LogP contribution in [0.2, 0.25) is 0 Å². The van der Waals surface area contributed by atoms with Crippen LogP contribution in [0.15, 0.2) is 36.7 Å². The SMILES string of the molecule is COc1ccc(CN2CCC3(CC2)O[C@@H](C(=O)NC(C)C)Cn2ccnc23)cc1. The first-order valence-electron chi connectivity index (χ1n) is 10.3. The molecule has 0 radical (unpaired) electrons. The van der Waals surface area contributed by atoms with Gasteiger partial charge in [0.05, 0.1) is 13.7 Å². The zero-order valence-corrected chi connectivity index (χ0v) is 17.4. The van der Waals surface area contributed by atoms with E-state index >= 15 is 0 Å². The number of aromatic nitrogens is 2. The molecule has 1 atom stereocenters. The van der Waals surface area contributed by atoms with Crippen LogP contribution >= 0.6 is 0 Å². The molecule has 0 bridgehead atoms. The van der Waals surface area contributed by atoms with Crippen molar-refractivity contribution in [3.63, 3.8) is 0 Å². The molecule has 0 unspecified atom stereocenters. The van der Waals surface area contributed by atoms with Crippen molar-refractivity contribution >= 4 is 5.91 Å². The van der Waals surface area contributed by atoms with Crippen LogP contribution in [-0.2, 0) is 28.2 Å². The van der Waals surface area contributed by atoms with Crippen molar-refractivity contribution < 1.29 is 14.3 Å². The fourth-order valence-electron chi connectivity index (χ4n) is 4.31. The van der Waals surface area contributed by atoms with Crippen molar-refractivity contribution in [2.45, 2.75) is 57.5 Å². The Labute approximate surface area is 172 Å². The van der Waals surface area contributed by atoms with E-state index in [-0.39, 0.29) is 11.9 Å².